The zero-order valence-corrected chi connectivity index (χ0v) is 20.3. The van der Waals surface area contributed by atoms with E-state index in [1.54, 1.807) is 0 Å². The lowest BCUT2D eigenvalue weighted by Crippen LogP contribution is -2.59. The minimum absolute atomic E-state index is 0.0940. The maximum absolute atomic E-state index is 13.4. The van der Waals surface area contributed by atoms with Gasteiger partial charge >= 0.3 is 0 Å². The maximum Gasteiger partial charge on any atom is 0.171 e. The van der Waals surface area contributed by atoms with Crippen LogP contribution in [0.2, 0.25) is 0 Å². The molecule has 2 saturated heterocycles. The average molecular weight is 447 g/mol. The van der Waals surface area contributed by atoms with Gasteiger partial charge < -0.3 is 19.7 Å². The number of carbonyl (C=O) groups is 1. The molecule has 6 rings (SSSR count). The van der Waals surface area contributed by atoms with Gasteiger partial charge in [0.05, 0.1) is 24.9 Å². The summed E-state index contributed by atoms with van der Waals surface area (Å²) in [4.78, 5) is 13.4. The van der Waals surface area contributed by atoms with Crippen molar-refractivity contribution in [1.29, 1.82) is 0 Å². The maximum atomic E-state index is 13.4. The van der Waals surface area contributed by atoms with E-state index in [0.717, 1.165) is 25.9 Å². The topological polar surface area (TPSA) is 76.0 Å². The number of hydrogen-bond acceptors (Lipinski definition) is 5. The van der Waals surface area contributed by atoms with E-state index >= 15 is 0 Å². The lowest BCUT2D eigenvalue weighted by molar-refractivity contribution is -0.273. The van der Waals surface area contributed by atoms with Gasteiger partial charge in [-0.05, 0) is 78.9 Å². The van der Waals surface area contributed by atoms with Crippen LogP contribution in [0.5, 0.6) is 0 Å². The first-order chi connectivity index (χ1) is 15.1. The van der Waals surface area contributed by atoms with Crippen LogP contribution in [0.4, 0.5) is 0 Å². The van der Waals surface area contributed by atoms with Crippen LogP contribution in [0.3, 0.4) is 0 Å². The normalized spacial score (nSPS) is 61.8. The number of carbonyl (C=O) groups excluding carboxylic acids is 1. The molecule has 0 bridgehead atoms. The molecular formula is C27H42O5. The number of Topliss-reactive ketones (excluding diaryl/α,β-unsaturated/α-hetero) is 1. The van der Waals surface area contributed by atoms with Gasteiger partial charge in [-0.15, -0.1) is 0 Å². The third kappa shape index (κ3) is 2.74. The Labute approximate surface area is 192 Å². The van der Waals surface area contributed by atoms with Crippen molar-refractivity contribution in [2.75, 3.05) is 6.61 Å². The first-order valence-electron chi connectivity index (χ1n) is 13.3. The number of ketones is 1. The average Bonchev–Trinajstić information content (AvgIpc) is 3.18. The lowest BCUT2D eigenvalue weighted by atomic mass is 9.44. The molecule has 32 heavy (non-hydrogen) atoms. The molecule has 0 aromatic rings. The van der Waals surface area contributed by atoms with Gasteiger partial charge in [0, 0.05) is 24.7 Å². The Kier molecular flexibility index (Phi) is 4.83. The van der Waals surface area contributed by atoms with Crippen LogP contribution in [0.25, 0.3) is 0 Å². The van der Waals surface area contributed by atoms with Gasteiger partial charge in [0.25, 0.3) is 0 Å². The summed E-state index contributed by atoms with van der Waals surface area (Å²) in [7, 11) is 0. The third-order valence-electron chi connectivity index (χ3n) is 11.7. The number of aliphatic hydroxyl groups excluding tert-OH is 2. The second-order valence-corrected chi connectivity index (χ2v) is 13.2. The summed E-state index contributed by atoms with van der Waals surface area (Å²) in [6.45, 7) is 10.2. The summed E-state index contributed by atoms with van der Waals surface area (Å²) in [5.41, 5.74) is 0.00540. The van der Waals surface area contributed by atoms with Crippen LogP contribution in [-0.2, 0) is 14.3 Å². The quantitative estimate of drug-likeness (QED) is 0.589. The summed E-state index contributed by atoms with van der Waals surface area (Å²) in [5.74, 6) is 2.69. The molecule has 5 nitrogen and oxygen atoms in total. The molecule has 0 radical (unpaired) electrons. The zero-order valence-electron chi connectivity index (χ0n) is 20.3. The molecule has 13 atom stereocenters. The van der Waals surface area contributed by atoms with Crippen molar-refractivity contribution < 1.29 is 24.5 Å². The monoisotopic (exact) mass is 446 g/mol. The van der Waals surface area contributed by atoms with Gasteiger partial charge in [-0.2, -0.15) is 0 Å². The molecule has 2 heterocycles. The van der Waals surface area contributed by atoms with E-state index in [1.807, 2.05) is 0 Å². The van der Waals surface area contributed by atoms with Gasteiger partial charge in [-0.25, -0.2) is 0 Å². The van der Waals surface area contributed by atoms with Crippen molar-refractivity contribution in [3.8, 4) is 0 Å². The summed E-state index contributed by atoms with van der Waals surface area (Å²) in [6, 6.07) is 0. The summed E-state index contributed by atoms with van der Waals surface area (Å²) in [5, 5.41) is 20.8. The highest BCUT2D eigenvalue weighted by molar-refractivity contribution is 5.83. The van der Waals surface area contributed by atoms with Crippen LogP contribution in [0, 0.1) is 52.3 Å². The van der Waals surface area contributed by atoms with E-state index in [1.165, 1.54) is 12.8 Å². The van der Waals surface area contributed by atoms with Crippen LogP contribution in [-0.4, -0.2) is 46.7 Å². The van der Waals surface area contributed by atoms with E-state index in [2.05, 4.69) is 27.7 Å². The Bertz CT molecular complexity index is 789. The van der Waals surface area contributed by atoms with E-state index in [9.17, 15) is 15.0 Å². The number of fused-ring (bicyclic) bond motifs is 7. The lowest BCUT2D eigenvalue weighted by Gasteiger charge is -2.61. The minimum atomic E-state index is -0.753. The first kappa shape index (κ1) is 22.0. The second kappa shape index (κ2) is 7.02. The second-order valence-electron chi connectivity index (χ2n) is 13.2. The summed E-state index contributed by atoms with van der Waals surface area (Å²) < 4.78 is 13.2. The summed E-state index contributed by atoms with van der Waals surface area (Å²) in [6.07, 6.45) is 5.97. The fraction of sp³-hybridized carbons (Fsp3) is 0.963. The molecule has 5 heteroatoms. The van der Waals surface area contributed by atoms with Crippen LogP contribution in [0.1, 0.15) is 79.1 Å². The van der Waals surface area contributed by atoms with E-state index < -0.39 is 18.0 Å². The number of hydrogen-bond donors (Lipinski definition) is 2. The highest BCUT2D eigenvalue weighted by Crippen LogP contribution is 2.71. The Morgan fingerprint density at radius 3 is 2.47 bits per heavy atom. The highest BCUT2D eigenvalue weighted by atomic mass is 16.7. The van der Waals surface area contributed by atoms with Gasteiger partial charge in [0.1, 0.15) is 5.78 Å². The van der Waals surface area contributed by atoms with E-state index in [0.29, 0.717) is 60.6 Å². The molecule has 4 saturated carbocycles. The Balaban J connectivity index is 1.29. The SMILES string of the molecule is C[C@@H]1CC[C@@]2(OC1)O[C@H]1CC3[C@@H]4CC(=O)[C@H]5C[C@@H](O)[C@H](O)C[C@]5(C)C4CC[C@]3(C)[C@H]1[C@@H]2C. The van der Waals surface area contributed by atoms with E-state index in [-0.39, 0.29) is 22.9 Å². The summed E-state index contributed by atoms with van der Waals surface area (Å²) >= 11 is 0. The highest BCUT2D eigenvalue weighted by Gasteiger charge is 2.70. The molecule has 2 unspecified atom stereocenters. The predicted octanol–water partition coefficient (Wildman–Crippen LogP) is 3.94. The van der Waals surface area contributed by atoms with Crippen molar-refractivity contribution in [2.24, 2.45) is 52.3 Å². The zero-order chi connectivity index (χ0) is 22.6. The van der Waals surface area contributed by atoms with Gasteiger partial charge in [-0.1, -0.05) is 27.7 Å². The van der Waals surface area contributed by atoms with Crippen LogP contribution < -0.4 is 0 Å². The molecule has 6 aliphatic rings. The molecule has 2 aliphatic heterocycles. The standard InChI is InChI=1S/C27H42O5/c1-14-5-8-27(31-13-14)15(2)24-23(32-27)11-18-16-9-20(28)19-10-21(29)22(30)12-26(19,4)17(16)6-7-25(18,24)3/h14-19,21-24,29-30H,5-13H2,1-4H3/t14-,15+,16-,17?,18?,19-,21-,22-,23+,24+,25+,26-,27-/m1/s1. The third-order valence-corrected chi connectivity index (χ3v) is 11.7. The first-order valence-corrected chi connectivity index (χ1v) is 13.3. The van der Waals surface area contributed by atoms with Crippen molar-refractivity contribution in [2.45, 2.75) is 103 Å². The minimum Gasteiger partial charge on any atom is -0.390 e. The van der Waals surface area contributed by atoms with Gasteiger partial charge in [0.2, 0.25) is 0 Å². The number of rotatable bonds is 0. The van der Waals surface area contributed by atoms with Crippen molar-refractivity contribution in [3.05, 3.63) is 0 Å². The molecular weight excluding hydrogens is 404 g/mol. The fourth-order valence-electron chi connectivity index (χ4n) is 10.1. The molecule has 0 amide bonds. The van der Waals surface area contributed by atoms with Crippen molar-refractivity contribution in [1.82, 2.24) is 0 Å². The van der Waals surface area contributed by atoms with Crippen molar-refractivity contribution in [3.63, 3.8) is 0 Å². The van der Waals surface area contributed by atoms with Crippen LogP contribution in [0.15, 0.2) is 0 Å². The van der Waals surface area contributed by atoms with Gasteiger partial charge in [-0.3, -0.25) is 4.79 Å². The Hall–Kier alpha value is -0.490. The van der Waals surface area contributed by atoms with Crippen LogP contribution >= 0.6 is 0 Å². The fourth-order valence-corrected chi connectivity index (χ4v) is 10.1. The molecule has 0 aromatic heterocycles. The number of ether oxygens (including phenoxy) is 2. The largest absolute Gasteiger partial charge is 0.390 e. The molecule has 180 valence electrons. The molecule has 1 spiro atoms. The molecule has 4 aliphatic carbocycles. The molecule has 6 fully saturated rings. The smallest absolute Gasteiger partial charge is 0.171 e. The van der Waals surface area contributed by atoms with Crippen molar-refractivity contribution >= 4 is 5.78 Å². The predicted molar refractivity (Wildman–Crippen MR) is 120 cm³/mol. The van der Waals surface area contributed by atoms with E-state index in [4.69, 9.17) is 9.47 Å². The Morgan fingerprint density at radius 1 is 0.969 bits per heavy atom. The Morgan fingerprint density at radius 2 is 1.75 bits per heavy atom. The van der Waals surface area contributed by atoms with Gasteiger partial charge in [0.15, 0.2) is 5.79 Å². The number of aliphatic hydroxyl groups is 2. The molecule has 2 N–H and O–H groups in total. The molecule has 0 aromatic carbocycles.